The van der Waals surface area contributed by atoms with Gasteiger partial charge < -0.3 is 20.9 Å². The number of thioether (sulfide) groups is 2. The Morgan fingerprint density at radius 2 is 1.29 bits per heavy atom. The molecular weight excluding hydrogens is 732 g/mol. The highest BCUT2D eigenvalue weighted by atomic mass is 79.9. The second-order valence-electron chi connectivity index (χ2n) is 8.71. The molecule has 0 fully saturated rings. The van der Waals surface area contributed by atoms with Crippen LogP contribution in [-0.2, 0) is 4.84 Å². The molecule has 1 amide bonds. The lowest BCUT2D eigenvalue weighted by Gasteiger charge is -2.14. The quantitative estimate of drug-likeness (QED) is 0.0768. The van der Waals surface area contributed by atoms with Crippen LogP contribution < -0.4 is 20.9 Å². The number of hydrogen-bond donors (Lipinski definition) is 2. The van der Waals surface area contributed by atoms with Crippen LogP contribution in [0.15, 0.2) is 63.6 Å². The Morgan fingerprint density at radius 1 is 0.812 bits per heavy atom. The summed E-state index contributed by atoms with van der Waals surface area (Å²) in [6.07, 6.45) is 2.77. The SMILES string of the molecule is C.CCSc1ncc(C(=O)N(C)OC)c(N)n1.CCSc1ncc(C(=O)c2cc(F)ccc2OC)c(N)n1.COc1ccc(F)cc1Br. The van der Waals surface area contributed by atoms with E-state index in [1.807, 2.05) is 13.8 Å². The summed E-state index contributed by atoms with van der Waals surface area (Å²) in [5.41, 5.74) is 11.9. The Labute approximate surface area is 295 Å². The summed E-state index contributed by atoms with van der Waals surface area (Å²) in [4.78, 5) is 45.1. The van der Waals surface area contributed by atoms with E-state index >= 15 is 0 Å². The average Bonchev–Trinajstić information content (AvgIpc) is 3.05. The van der Waals surface area contributed by atoms with Gasteiger partial charge in [-0.15, -0.1) is 0 Å². The van der Waals surface area contributed by atoms with E-state index in [0.29, 0.717) is 20.5 Å². The van der Waals surface area contributed by atoms with Crippen LogP contribution in [0.4, 0.5) is 20.4 Å². The van der Waals surface area contributed by atoms with E-state index in [0.717, 1.165) is 22.6 Å². The first kappa shape index (κ1) is 42.0. The lowest BCUT2D eigenvalue weighted by molar-refractivity contribution is -0.0756. The van der Waals surface area contributed by atoms with Crippen molar-refractivity contribution in [3.05, 3.63) is 81.6 Å². The number of nitrogens with zero attached hydrogens (tertiary/aromatic N) is 5. The summed E-state index contributed by atoms with van der Waals surface area (Å²) in [6, 6.07) is 7.99. The fourth-order valence-corrected chi connectivity index (χ4v) is 5.00. The fourth-order valence-electron chi connectivity index (χ4n) is 3.39. The zero-order chi connectivity index (χ0) is 35.1. The molecule has 0 spiro atoms. The molecule has 4 N–H and O–H groups in total. The van der Waals surface area contributed by atoms with E-state index in [1.54, 1.807) is 6.07 Å². The first-order valence-corrected chi connectivity index (χ1v) is 16.4. The summed E-state index contributed by atoms with van der Waals surface area (Å²) in [7, 11) is 5.84. The van der Waals surface area contributed by atoms with Gasteiger partial charge in [-0.2, -0.15) is 0 Å². The molecule has 0 saturated carbocycles. The van der Waals surface area contributed by atoms with Gasteiger partial charge in [-0.05, 0) is 63.8 Å². The highest BCUT2D eigenvalue weighted by Gasteiger charge is 2.20. The van der Waals surface area contributed by atoms with Crippen LogP contribution in [0.3, 0.4) is 0 Å². The minimum absolute atomic E-state index is 0. The fraction of sp³-hybridized carbons (Fsp3) is 0.290. The Bertz CT molecular complexity index is 1670. The number of ketones is 1. The smallest absolute Gasteiger partial charge is 0.282 e. The summed E-state index contributed by atoms with van der Waals surface area (Å²) in [5.74, 6) is 1.15. The maximum atomic E-state index is 13.4. The Hall–Kier alpha value is -4.06. The number of hydrogen-bond acceptors (Lipinski definition) is 13. The molecule has 2 aromatic heterocycles. The molecular formula is C31H38BrF2N7O5S2. The number of carbonyl (C=O) groups is 2. The van der Waals surface area contributed by atoms with E-state index in [1.165, 1.54) is 88.6 Å². The first-order chi connectivity index (χ1) is 22.4. The topological polar surface area (TPSA) is 169 Å². The van der Waals surface area contributed by atoms with Crippen LogP contribution in [0.2, 0.25) is 0 Å². The number of aromatic nitrogens is 4. The van der Waals surface area contributed by atoms with Gasteiger partial charge in [-0.1, -0.05) is 44.8 Å². The number of nitrogen functional groups attached to an aromatic ring is 2. The molecule has 4 rings (SSSR count). The minimum Gasteiger partial charge on any atom is -0.496 e. The molecule has 260 valence electrons. The van der Waals surface area contributed by atoms with Crippen molar-refractivity contribution in [3.8, 4) is 11.5 Å². The van der Waals surface area contributed by atoms with Crippen LogP contribution >= 0.6 is 39.5 Å². The predicted molar refractivity (Wildman–Crippen MR) is 189 cm³/mol. The lowest BCUT2D eigenvalue weighted by Crippen LogP contribution is -2.26. The van der Waals surface area contributed by atoms with Gasteiger partial charge in [0.25, 0.3) is 5.91 Å². The monoisotopic (exact) mass is 769 g/mol. The molecule has 2 heterocycles. The number of amides is 1. The van der Waals surface area contributed by atoms with Crippen molar-refractivity contribution in [2.75, 3.05) is 51.4 Å². The molecule has 0 atom stereocenters. The maximum Gasteiger partial charge on any atom is 0.282 e. The normalized spacial score (nSPS) is 9.94. The number of methoxy groups -OCH3 is 2. The summed E-state index contributed by atoms with van der Waals surface area (Å²) >= 11 is 6.03. The van der Waals surface area contributed by atoms with Crippen LogP contribution in [0.1, 0.15) is 47.6 Å². The number of hydroxylamine groups is 2. The van der Waals surface area contributed by atoms with Gasteiger partial charge >= 0.3 is 0 Å². The number of nitrogens with two attached hydrogens (primary N) is 2. The first-order valence-electron chi connectivity index (χ1n) is 13.6. The lowest BCUT2D eigenvalue weighted by atomic mass is 10.0. The van der Waals surface area contributed by atoms with Gasteiger partial charge in [-0.3, -0.25) is 14.4 Å². The van der Waals surface area contributed by atoms with Gasteiger partial charge in [-0.25, -0.2) is 33.8 Å². The second-order valence-corrected chi connectivity index (χ2v) is 12.0. The highest BCUT2D eigenvalue weighted by molar-refractivity contribution is 9.10. The van der Waals surface area contributed by atoms with Crippen LogP contribution in [0.5, 0.6) is 11.5 Å². The van der Waals surface area contributed by atoms with Crippen molar-refractivity contribution in [2.24, 2.45) is 0 Å². The molecule has 12 nitrogen and oxygen atoms in total. The van der Waals surface area contributed by atoms with Crippen molar-refractivity contribution in [1.29, 1.82) is 0 Å². The molecule has 17 heteroatoms. The zero-order valence-corrected chi connectivity index (χ0v) is 29.6. The molecule has 0 radical (unpaired) electrons. The van der Waals surface area contributed by atoms with E-state index in [9.17, 15) is 18.4 Å². The van der Waals surface area contributed by atoms with Gasteiger partial charge in [0.15, 0.2) is 10.3 Å². The molecule has 0 bridgehead atoms. The second kappa shape index (κ2) is 21.0. The molecule has 2 aromatic carbocycles. The number of rotatable bonds is 10. The number of benzene rings is 2. The Kier molecular flexibility index (Phi) is 18.4. The molecule has 0 unspecified atom stereocenters. The molecule has 0 aliphatic rings. The summed E-state index contributed by atoms with van der Waals surface area (Å²) in [5, 5.41) is 2.14. The van der Waals surface area contributed by atoms with Crippen molar-refractivity contribution in [3.63, 3.8) is 0 Å². The van der Waals surface area contributed by atoms with Gasteiger partial charge in [0.05, 0.1) is 36.9 Å². The number of carbonyl (C=O) groups excluding carboxylic acids is 2. The van der Waals surface area contributed by atoms with Crippen molar-refractivity contribution in [1.82, 2.24) is 25.0 Å². The van der Waals surface area contributed by atoms with Gasteiger partial charge in [0.2, 0.25) is 5.78 Å². The van der Waals surface area contributed by atoms with Gasteiger partial charge in [0, 0.05) is 19.4 Å². The largest absolute Gasteiger partial charge is 0.496 e. The number of ether oxygens (including phenoxy) is 2. The maximum absolute atomic E-state index is 13.4. The molecule has 0 saturated heterocycles. The van der Waals surface area contributed by atoms with Gasteiger partial charge in [0.1, 0.15) is 40.3 Å². The summed E-state index contributed by atoms with van der Waals surface area (Å²) in [6.45, 7) is 3.95. The zero-order valence-electron chi connectivity index (χ0n) is 26.4. The van der Waals surface area contributed by atoms with E-state index in [-0.39, 0.29) is 53.2 Å². The predicted octanol–water partition coefficient (Wildman–Crippen LogP) is 6.59. The van der Waals surface area contributed by atoms with E-state index in [4.69, 9.17) is 25.8 Å². The Morgan fingerprint density at radius 3 is 1.73 bits per heavy atom. The molecule has 4 aromatic rings. The third kappa shape index (κ3) is 12.2. The minimum atomic E-state index is -0.531. The van der Waals surface area contributed by atoms with Crippen molar-refractivity contribution >= 4 is 62.8 Å². The third-order valence-electron chi connectivity index (χ3n) is 5.69. The van der Waals surface area contributed by atoms with Crippen LogP contribution in [0, 0.1) is 11.6 Å². The number of anilines is 2. The Balaban J connectivity index is 0.000000379. The number of halogens is 3. The standard InChI is InChI=1S/C14H14FN3O2S.C9H14N4O2S.C7H6BrFO.CH4/c1-3-21-14-17-7-10(13(16)18-14)12(19)9-6-8(15)4-5-11(9)20-2;1-4-16-9-11-5-6(7(10)12-9)8(14)13(2)15-3;1-10-7-3-2-5(9)4-6(7)8;/h4-7H,3H2,1-2H3,(H2,16,17,18);5H,4H2,1-3H3,(H2,10,11,12);2-4H,1H3;1H4. The highest BCUT2D eigenvalue weighted by Crippen LogP contribution is 2.26. The van der Waals surface area contributed by atoms with E-state index in [2.05, 4.69) is 35.9 Å². The van der Waals surface area contributed by atoms with E-state index < -0.39 is 11.6 Å². The molecule has 0 aliphatic carbocycles. The molecule has 48 heavy (non-hydrogen) atoms. The van der Waals surface area contributed by atoms with Crippen LogP contribution in [-0.4, -0.2) is 76.6 Å². The third-order valence-corrected chi connectivity index (χ3v) is 7.80. The molecule has 0 aliphatic heterocycles. The van der Waals surface area contributed by atoms with Crippen LogP contribution in [0.25, 0.3) is 0 Å². The van der Waals surface area contributed by atoms with Crippen molar-refractivity contribution in [2.45, 2.75) is 31.6 Å². The van der Waals surface area contributed by atoms with Crippen molar-refractivity contribution < 1.29 is 32.7 Å². The average molecular weight is 771 g/mol. The summed E-state index contributed by atoms with van der Waals surface area (Å²) < 4.78 is 36.3.